The van der Waals surface area contributed by atoms with E-state index in [-0.39, 0.29) is 23.8 Å². The van der Waals surface area contributed by atoms with Gasteiger partial charge < -0.3 is 20.1 Å². The van der Waals surface area contributed by atoms with E-state index in [4.69, 9.17) is 15.2 Å². The van der Waals surface area contributed by atoms with Crippen LogP contribution in [0, 0.1) is 5.92 Å². The minimum Gasteiger partial charge on any atom is -0.497 e. The number of nitrogens with zero attached hydrogens (tertiary/aromatic N) is 1. The molecule has 2 N–H and O–H groups in total. The topological polar surface area (TPSA) is 81.9 Å². The van der Waals surface area contributed by atoms with Crippen molar-refractivity contribution in [2.45, 2.75) is 59.0 Å². The molecule has 29 heavy (non-hydrogen) atoms. The van der Waals surface area contributed by atoms with Crippen LogP contribution in [-0.2, 0) is 19.7 Å². The summed E-state index contributed by atoms with van der Waals surface area (Å²) in [6.07, 6.45) is 1.79. The number of methoxy groups -OCH3 is 1. The fourth-order valence-electron chi connectivity index (χ4n) is 3.20. The van der Waals surface area contributed by atoms with Gasteiger partial charge in [-0.1, -0.05) is 45.9 Å². The lowest BCUT2D eigenvalue weighted by Gasteiger charge is -2.37. The predicted octanol–water partition coefficient (Wildman–Crippen LogP) is 3.29. The van der Waals surface area contributed by atoms with Gasteiger partial charge in [-0.3, -0.25) is 4.79 Å². The molecule has 1 amide bonds. The van der Waals surface area contributed by atoms with Gasteiger partial charge in [-0.2, -0.15) is 0 Å². The van der Waals surface area contributed by atoms with Crippen molar-refractivity contribution in [3.63, 3.8) is 0 Å². The van der Waals surface area contributed by atoms with Crippen molar-refractivity contribution in [1.29, 1.82) is 0 Å². The van der Waals surface area contributed by atoms with Crippen LogP contribution in [0.1, 0.15) is 47.1 Å². The number of esters is 1. The van der Waals surface area contributed by atoms with E-state index < -0.39 is 11.5 Å². The van der Waals surface area contributed by atoms with Gasteiger partial charge in [0, 0.05) is 18.0 Å². The second kappa shape index (κ2) is 10.4. The second-order valence-electron chi connectivity index (χ2n) is 8.18. The molecule has 0 aliphatic heterocycles. The van der Waals surface area contributed by atoms with Gasteiger partial charge in [0.1, 0.15) is 5.75 Å². The average molecular weight is 405 g/mol. The molecule has 1 aromatic rings. The first-order chi connectivity index (χ1) is 13.5. The number of amides is 1. The standard InChI is InChI=1S/C23H36N2O4/c1-9-29-22(27)16(4)14-19(15(2)3)25(7)21(26)20(24)23(5,6)17-10-12-18(28-8)13-11-17/h10-15,19-20H,9,24H2,1-8H3/b16-14+/t19-,20-/m1/s1. The Kier molecular flexibility index (Phi) is 8.89. The van der Waals surface area contributed by atoms with Crippen LogP contribution in [0.3, 0.4) is 0 Å². The summed E-state index contributed by atoms with van der Waals surface area (Å²) in [6.45, 7) is 11.7. The summed E-state index contributed by atoms with van der Waals surface area (Å²) in [5, 5.41) is 0. The molecule has 0 aliphatic rings. The number of likely N-dealkylation sites (N-methyl/N-ethyl adjacent to an activating group) is 1. The average Bonchev–Trinajstić information content (AvgIpc) is 2.69. The maximum Gasteiger partial charge on any atom is 0.333 e. The molecule has 6 nitrogen and oxygen atoms in total. The zero-order valence-electron chi connectivity index (χ0n) is 19.0. The number of carbonyl (C=O) groups excluding carboxylic acids is 2. The third-order valence-corrected chi connectivity index (χ3v) is 5.37. The summed E-state index contributed by atoms with van der Waals surface area (Å²) in [4.78, 5) is 26.9. The maximum atomic E-state index is 13.2. The Bertz CT molecular complexity index is 723. The van der Waals surface area contributed by atoms with Crippen molar-refractivity contribution >= 4 is 11.9 Å². The Labute approximate surface area is 175 Å². The van der Waals surface area contributed by atoms with E-state index in [1.807, 2.05) is 52.0 Å². The van der Waals surface area contributed by atoms with Crippen molar-refractivity contribution < 1.29 is 19.1 Å². The molecule has 0 fully saturated rings. The predicted molar refractivity (Wildman–Crippen MR) is 116 cm³/mol. The van der Waals surface area contributed by atoms with E-state index in [1.54, 1.807) is 39.0 Å². The molecule has 1 rings (SSSR count). The molecule has 2 atom stereocenters. The fourth-order valence-corrected chi connectivity index (χ4v) is 3.20. The zero-order chi connectivity index (χ0) is 22.4. The molecule has 0 bridgehead atoms. The van der Waals surface area contributed by atoms with Gasteiger partial charge in [0.25, 0.3) is 0 Å². The molecule has 0 unspecified atom stereocenters. The van der Waals surface area contributed by atoms with E-state index in [0.29, 0.717) is 12.2 Å². The van der Waals surface area contributed by atoms with Gasteiger partial charge >= 0.3 is 5.97 Å². The highest BCUT2D eigenvalue weighted by Crippen LogP contribution is 2.29. The lowest BCUT2D eigenvalue weighted by atomic mass is 9.77. The number of benzene rings is 1. The van der Waals surface area contributed by atoms with Crippen LogP contribution >= 0.6 is 0 Å². The van der Waals surface area contributed by atoms with Crippen molar-refractivity contribution in [2.24, 2.45) is 11.7 Å². The smallest absolute Gasteiger partial charge is 0.333 e. The van der Waals surface area contributed by atoms with Gasteiger partial charge in [0.15, 0.2) is 0 Å². The van der Waals surface area contributed by atoms with E-state index in [9.17, 15) is 9.59 Å². The van der Waals surface area contributed by atoms with E-state index in [2.05, 4.69) is 0 Å². The number of hydrogen-bond donors (Lipinski definition) is 1. The number of hydrogen-bond acceptors (Lipinski definition) is 5. The van der Waals surface area contributed by atoms with Gasteiger partial charge in [-0.25, -0.2) is 4.79 Å². The van der Waals surface area contributed by atoms with Crippen molar-refractivity contribution in [1.82, 2.24) is 4.90 Å². The molecule has 1 aromatic carbocycles. The molecule has 0 aromatic heterocycles. The SMILES string of the molecule is CCOC(=O)/C(C)=C/[C@H](C(C)C)N(C)C(=O)[C@@H](N)C(C)(C)c1ccc(OC)cc1. The van der Waals surface area contributed by atoms with Crippen LogP contribution in [0.5, 0.6) is 5.75 Å². The fraction of sp³-hybridized carbons (Fsp3) is 0.565. The first-order valence-corrected chi connectivity index (χ1v) is 9.99. The van der Waals surface area contributed by atoms with E-state index >= 15 is 0 Å². The lowest BCUT2D eigenvalue weighted by molar-refractivity contribution is -0.139. The van der Waals surface area contributed by atoms with Crippen molar-refractivity contribution in [3.05, 3.63) is 41.5 Å². The third-order valence-electron chi connectivity index (χ3n) is 5.37. The lowest BCUT2D eigenvalue weighted by Crippen LogP contribution is -2.55. The summed E-state index contributed by atoms with van der Waals surface area (Å²) < 4.78 is 10.3. The molecule has 0 aliphatic carbocycles. The van der Waals surface area contributed by atoms with Crippen LogP contribution < -0.4 is 10.5 Å². The third kappa shape index (κ3) is 6.07. The normalized spacial score (nSPS) is 14.3. The minimum absolute atomic E-state index is 0.102. The largest absolute Gasteiger partial charge is 0.497 e. The summed E-state index contributed by atoms with van der Waals surface area (Å²) in [5.74, 6) is 0.296. The number of ether oxygens (including phenoxy) is 2. The van der Waals surface area contributed by atoms with Gasteiger partial charge in [0.2, 0.25) is 5.91 Å². The highest BCUT2D eigenvalue weighted by Gasteiger charge is 2.37. The molecule has 0 heterocycles. The number of nitrogens with two attached hydrogens (primary N) is 1. The molecule has 0 saturated heterocycles. The van der Waals surface area contributed by atoms with Crippen LogP contribution in [0.4, 0.5) is 0 Å². The Hall–Kier alpha value is -2.34. The summed E-state index contributed by atoms with van der Waals surface area (Å²) in [7, 11) is 3.34. The Balaban J connectivity index is 3.10. The van der Waals surface area contributed by atoms with Gasteiger partial charge in [-0.15, -0.1) is 0 Å². The maximum absolute atomic E-state index is 13.2. The second-order valence-corrected chi connectivity index (χ2v) is 8.18. The highest BCUT2D eigenvalue weighted by molar-refractivity contribution is 5.88. The zero-order valence-corrected chi connectivity index (χ0v) is 19.0. The molecule has 0 saturated carbocycles. The molecule has 0 spiro atoms. The first kappa shape index (κ1) is 24.7. The molecule has 162 valence electrons. The Morgan fingerprint density at radius 1 is 1.21 bits per heavy atom. The number of rotatable bonds is 9. The van der Waals surface area contributed by atoms with Crippen molar-refractivity contribution in [3.8, 4) is 5.75 Å². The first-order valence-electron chi connectivity index (χ1n) is 9.99. The van der Waals surface area contributed by atoms with Gasteiger partial charge in [-0.05, 0) is 37.5 Å². The van der Waals surface area contributed by atoms with Crippen LogP contribution in [0.15, 0.2) is 35.9 Å². The summed E-state index contributed by atoms with van der Waals surface area (Å²) >= 11 is 0. The summed E-state index contributed by atoms with van der Waals surface area (Å²) in [6, 6.07) is 6.55. The van der Waals surface area contributed by atoms with E-state index in [1.165, 1.54) is 0 Å². The summed E-state index contributed by atoms with van der Waals surface area (Å²) in [5.41, 5.74) is 7.29. The highest BCUT2D eigenvalue weighted by atomic mass is 16.5. The molecule has 0 radical (unpaired) electrons. The van der Waals surface area contributed by atoms with Crippen LogP contribution in [-0.4, -0.2) is 49.6 Å². The van der Waals surface area contributed by atoms with Crippen molar-refractivity contribution in [2.75, 3.05) is 20.8 Å². The molecular formula is C23H36N2O4. The number of carbonyl (C=O) groups is 2. The minimum atomic E-state index is -0.751. The Morgan fingerprint density at radius 3 is 2.21 bits per heavy atom. The molecular weight excluding hydrogens is 368 g/mol. The van der Waals surface area contributed by atoms with E-state index in [0.717, 1.165) is 11.3 Å². The monoisotopic (exact) mass is 404 g/mol. The van der Waals surface area contributed by atoms with Gasteiger partial charge in [0.05, 0.1) is 25.8 Å². The van der Waals surface area contributed by atoms with Crippen LogP contribution in [0.25, 0.3) is 0 Å². The molecule has 6 heteroatoms. The Morgan fingerprint density at radius 2 is 1.76 bits per heavy atom. The quantitative estimate of drug-likeness (QED) is 0.504. The van der Waals surface area contributed by atoms with Crippen LogP contribution in [0.2, 0.25) is 0 Å².